The van der Waals surface area contributed by atoms with Crippen LogP contribution in [0.5, 0.6) is 0 Å². The maximum absolute atomic E-state index is 12.7. The molecule has 1 saturated heterocycles. The van der Waals surface area contributed by atoms with Crippen LogP contribution < -0.4 is 5.32 Å². The Bertz CT molecular complexity index is 838. The zero-order chi connectivity index (χ0) is 18.7. The zero-order valence-corrected chi connectivity index (χ0v) is 16.0. The quantitative estimate of drug-likeness (QED) is 0.818. The van der Waals surface area contributed by atoms with E-state index in [9.17, 15) is 9.59 Å². The van der Waals surface area contributed by atoms with Crippen molar-refractivity contribution in [1.29, 1.82) is 0 Å². The Kier molecular flexibility index (Phi) is 5.84. The first-order valence-electron chi connectivity index (χ1n) is 8.56. The van der Waals surface area contributed by atoms with E-state index < -0.39 is 0 Å². The summed E-state index contributed by atoms with van der Waals surface area (Å²) in [4.78, 5) is 27.1. The highest BCUT2D eigenvalue weighted by Gasteiger charge is 2.29. The number of nitrogens with zero attached hydrogens (tertiary/aromatic N) is 1. The van der Waals surface area contributed by atoms with Crippen molar-refractivity contribution in [3.63, 3.8) is 0 Å². The molecule has 26 heavy (non-hydrogen) atoms. The van der Waals surface area contributed by atoms with Crippen LogP contribution in [0.15, 0.2) is 42.5 Å². The van der Waals surface area contributed by atoms with Crippen molar-refractivity contribution < 1.29 is 9.59 Å². The Labute approximate surface area is 163 Å². The number of piperidine rings is 1. The van der Waals surface area contributed by atoms with Crippen LogP contribution >= 0.6 is 23.2 Å². The third kappa shape index (κ3) is 4.19. The second kappa shape index (κ2) is 8.11. The maximum atomic E-state index is 12.7. The van der Waals surface area contributed by atoms with Crippen molar-refractivity contribution in [2.45, 2.75) is 19.8 Å². The number of anilines is 1. The van der Waals surface area contributed by atoms with Gasteiger partial charge in [-0.1, -0.05) is 41.4 Å². The minimum atomic E-state index is -0.227. The second-order valence-electron chi connectivity index (χ2n) is 6.52. The number of halogens is 2. The van der Waals surface area contributed by atoms with Gasteiger partial charge < -0.3 is 10.2 Å². The van der Waals surface area contributed by atoms with Crippen LogP contribution in [0.2, 0.25) is 10.0 Å². The van der Waals surface area contributed by atoms with Crippen LogP contribution in [-0.4, -0.2) is 29.8 Å². The minimum Gasteiger partial charge on any atom is -0.338 e. The summed E-state index contributed by atoms with van der Waals surface area (Å²) in [6.07, 6.45) is 1.56. The third-order valence-corrected chi connectivity index (χ3v) is 5.39. The molecule has 136 valence electrons. The van der Waals surface area contributed by atoms with Gasteiger partial charge in [-0.25, -0.2) is 0 Å². The van der Waals surface area contributed by atoms with Crippen molar-refractivity contribution in [3.05, 3.63) is 63.6 Å². The molecule has 0 saturated carbocycles. The molecule has 6 heteroatoms. The highest BCUT2D eigenvalue weighted by molar-refractivity contribution is 6.42. The summed E-state index contributed by atoms with van der Waals surface area (Å²) in [5.74, 6) is -0.405. The van der Waals surface area contributed by atoms with E-state index in [1.54, 1.807) is 23.1 Å². The molecule has 0 bridgehead atoms. The molecule has 3 rings (SSSR count). The Hall–Kier alpha value is -2.04. The van der Waals surface area contributed by atoms with E-state index >= 15 is 0 Å². The molecule has 1 aliphatic rings. The second-order valence-corrected chi connectivity index (χ2v) is 7.34. The number of rotatable bonds is 3. The van der Waals surface area contributed by atoms with Crippen molar-refractivity contribution in [2.75, 3.05) is 18.4 Å². The smallest absolute Gasteiger partial charge is 0.253 e. The number of carbonyl (C=O) groups excluding carboxylic acids is 2. The number of para-hydroxylation sites is 1. The molecule has 1 heterocycles. The summed E-state index contributed by atoms with van der Waals surface area (Å²) in [5.41, 5.74) is 2.31. The van der Waals surface area contributed by atoms with E-state index in [-0.39, 0.29) is 17.7 Å². The standard InChI is InChI=1S/C20H20Cl2N2O2/c1-13-5-2-3-7-18(13)23-19(25)15-6-4-10-24(12-15)20(26)14-8-9-16(21)17(22)11-14/h2-3,5,7-9,11,15H,4,6,10,12H2,1H3,(H,23,25). The lowest BCUT2D eigenvalue weighted by Crippen LogP contribution is -2.43. The number of benzene rings is 2. The molecule has 2 amide bonds. The van der Waals surface area contributed by atoms with Crippen LogP contribution in [0, 0.1) is 12.8 Å². The van der Waals surface area contributed by atoms with E-state index in [0.29, 0.717) is 28.7 Å². The van der Waals surface area contributed by atoms with E-state index in [4.69, 9.17) is 23.2 Å². The van der Waals surface area contributed by atoms with Gasteiger partial charge in [-0.2, -0.15) is 0 Å². The summed E-state index contributed by atoms with van der Waals surface area (Å²) in [5, 5.41) is 3.74. The first-order chi connectivity index (χ1) is 12.5. The highest BCUT2D eigenvalue weighted by Crippen LogP contribution is 2.25. The van der Waals surface area contributed by atoms with E-state index in [1.165, 1.54) is 0 Å². The highest BCUT2D eigenvalue weighted by atomic mass is 35.5. The Balaban J connectivity index is 1.68. The summed E-state index contributed by atoms with van der Waals surface area (Å²) in [6.45, 7) is 2.99. The summed E-state index contributed by atoms with van der Waals surface area (Å²) in [6, 6.07) is 12.5. The van der Waals surface area contributed by atoms with Gasteiger partial charge in [0.15, 0.2) is 0 Å². The third-order valence-electron chi connectivity index (χ3n) is 4.65. The first kappa shape index (κ1) is 18.7. The van der Waals surface area contributed by atoms with Gasteiger partial charge in [0, 0.05) is 24.3 Å². The molecule has 1 aliphatic heterocycles. The van der Waals surface area contributed by atoms with Crippen LogP contribution in [-0.2, 0) is 4.79 Å². The molecule has 0 radical (unpaired) electrons. The molecule has 0 aromatic heterocycles. The predicted molar refractivity (Wildman–Crippen MR) is 105 cm³/mol. The molecule has 4 nitrogen and oxygen atoms in total. The fourth-order valence-corrected chi connectivity index (χ4v) is 3.43. The number of hydrogen-bond acceptors (Lipinski definition) is 2. The van der Waals surface area contributed by atoms with Crippen molar-refractivity contribution in [3.8, 4) is 0 Å². The van der Waals surface area contributed by atoms with Gasteiger partial charge in [-0.15, -0.1) is 0 Å². The number of carbonyl (C=O) groups is 2. The van der Waals surface area contributed by atoms with E-state index in [2.05, 4.69) is 5.32 Å². The molecular formula is C20H20Cl2N2O2. The van der Waals surface area contributed by atoms with E-state index in [0.717, 1.165) is 24.1 Å². The number of nitrogens with one attached hydrogen (secondary N) is 1. The molecule has 0 spiro atoms. The number of amides is 2. The van der Waals surface area contributed by atoms with Crippen molar-refractivity contribution in [2.24, 2.45) is 5.92 Å². The van der Waals surface area contributed by atoms with Crippen LogP contribution in [0.25, 0.3) is 0 Å². The van der Waals surface area contributed by atoms with Gasteiger partial charge >= 0.3 is 0 Å². The topological polar surface area (TPSA) is 49.4 Å². The molecule has 1 atom stereocenters. The molecule has 1 fully saturated rings. The summed E-state index contributed by atoms with van der Waals surface area (Å²) >= 11 is 11.9. The average Bonchev–Trinajstić information content (AvgIpc) is 2.65. The van der Waals surface area contributed by atoms with E-state index in [1.807, 2.05) is 31.2 Å². The fraction of sp³-hybridized carbons (Fsp3) is 0.300. The summed E-state index contributed by atoms with van der Waals surface area (Å²) < 4.78 is 0. The van der Waals surface area contributed by atoms with Crippen LogP contribution in [0.3, 0.4) is 0 Å². The monoisotopic (exact) mass is 390 g/mol. The van der Waals surface area contributed by atoms with Gasteiger partial charge in [0.05, 0.1) is 16.0 Å². The number of likely N-dealkylation sites (tertiary alicyclic amines) is 1. The van der Waals surface area contributed by atoms with Crippen molar-refractivity contribution >= 4 is 40.7 Å². The Morgan fingerprint density at radius 3 is 2.62 bits per heavy atom. The Morgan fingerprint density at radius 1 is 1.12 bits per heavy atom. The van der Waals surface area contributed by atoms with Gasteiger partial charge in [0.2, 0.25) is 5.91 Å². The van der Waals surface area contributed by atoms with Gasteiger partial charge in [0.25, 0.3) is 5.91 Å². The van der Waals surface area contributed by atoms with Crippen LogP contribution in [0.4, 0.5) is 5.69 Å². The lowest BCUT2D eigenvalue weighted by molar-refractivity contribution is -0.121. The maximum Gasteiger partial charge on any atom is 0.253 e. The fourth-order valence-electron chi connectivity index (χ4n) is 3.14. The lowest BCUT2D eigenvalue weighted by atomic mass is 9.96. The first-order valence-corrected chi connectivity index (χ1v) is 9.32. The van der Waals surface area contributed by atoms with Gasteiger partial charge in [-0.3, -0.25) is 9.59 Å². The Morgan fingerprint density at radius 2 is 1.88 bits per heavy atom. The van der Waals surface area contributed by atoms with Gasteiger partial charge in [0.1, 0.15) is 0 Å². The number of hydrogen-bond donors (Lipinski definition) is 1. The average molecular weight is 391 g/mol. The molecular weight excluding hydrogens is 371 g/mol. The molecule has 1 N–H and O–H groups in total. The van der Waals surface area contributed by atoms with Gasteiger partial charge in [-0.05, 0) is 49.6 Å². The summed E-state index contributed by atoms with van der Waals surface area (Å²) in [7, 11) is 0. The molecule has 1 unspecified atom stereocenters. The molecule has 2 aromatic carbocycles. The normalized spacial score (nSPS) is 17.0. The van der Waals surface area contributed by atoms with Crippen molar-refractivity contribution in [1.82, 2.24) is 4.90 Å². The minimum absolute atomic E-state index is 0.0501. The zero-order valence-electron chi connectivity index (χ0n) is 14.5. The molecule has 0 aliphatic carbocycles. The number of aryl methyl sites for hydroxylation is 1. The predicted octanol–water partition coefficient (Wildman–Crippen LogP) is 4.79. The molecule has 2 aromatic rings. The largest absolute Gasteiger partial charge is 0.338 e. The van der Waals surface area contributed by atoms with Crippen LogP contribution in [0.1, 0.15) is 28.8 Å². The SMILES string of the molecule is Cc1ccccc1NC(=O)C1CCCN(C(=O)c2ccc(Cl)c(Cl)c2)C1. The lowest BCUT2D eigenvalue weighted by Gasteiger charge is -2.32.